The summed E-state index contributed by atoms with van der Waals surface area (Å²) in [5.41, 5.74) is 0. The van der Waals surface area contributed by atoms with Crippen LogP contribution >= 0.6 is 0 Å². The maximum absolute atomic E-state index is 5.71. The fourth-order valence-corrected chi connectivity index (χ4v) is 1.86. The molecule has 0 bridgehead atoms. The van der Waals surface area contributed by atoms with Crippen LogP contribution in [0.4, 0.5) is 0 Å². The number of rotatable bonds is 6. The largest absolute Gasteiger partial charge is 0.374 e. The lowest BCUT2D eigenvalue weighted by Crippen LogP contribution is -2.47. The first-order valence-corrected chi connectivity index (χ1v) is 5.94. The summed E-state index contributed by atoms with van der Waals surface area (Å²) in [7, 11) is 0. The highest BCUT2D eigenvalue weighted by Gasteiger charge is 2.19. The van der Waals surface area contributed by atoms with Crippen molar-refractivity contribution in [1.82, 2.24) is 10.2 Å². The van der Waals surface area contributed by atoms with Gasteiger partial charge in [-0.15, -0.1) is 6.58 Å². The van der Waals surface area contributed by atoms with Gasteiger partial charge < -0.3 is 10.1 Å². The second-order valence-electron chi connectivity index (χ2n) is 4.22. The molecule has 3 nitrogen and oxygen atoms in total. The van der Waals surface area contributed by atoms with Crippen LogP contribution in [0.5, 0.6) is 0 Å². The minimum Gasteiger partial charge on any atom is -0.374 e. The van der Waals surface area contributed by atoms with Gasteiger partial charge in [0.1, 0.15) is 0 Å². The molecule has 1 aliphatic heterocycles. The molecule has 88 valence electrons. The molecule has 1 fully saturated rings. The molecular formula is C12H24N2O. The van der Waals surface area contributed by atoms with Gasteiger partial charge in [0, 0.05) is 25.7 Å². The van der Waals surface area contributed by atoms with Gasteiger partial charge >= 0.3 is 0 Å². The quantitative estimate of drug-likeness (QED) is 0.671. The van der Waals surface area contributed by atoms with Gasteiger partial charge in [-0.25, -0.2) is 0 Å². The molecule has 0 aromatic rings. The maximum Gasteiger partial charge on any atom is 0.0826 e. The minimum atomic E-state index is 0.353. The molecule has 1 N–H and O–H groups in total. The van der Waals surface area contributed by atoms with E-state index in [0.717, 1.165) is 39.2 Å². The van der Waals surface area contributed by atoms with Gasteiger partial charge in [0.05, 0.1) is 12.7 Å². The van der Waals surface area contributed by atoms with E-state index in [2.05, 4.69) is 30.6 Å². The Labute approximate surface area is 93.5 Å². The molecule has 1 rings (SSSR count). The van der Waals surface area contributed by atoms with Crippen molar-refractivity contribution in [2.24, 2.45) is 0 Å². The average Bonchev–Trinajstić information content (AvgIpc) is 2.27. The Balaban J connectivity index is 2.17. The normalized spacial score (nSPS) is 25.1. The first-order valence-electron chi connectivity index (χ1n) is 5.94. The van der Waals surface area contributed by atoms with Crippen molar-refractivity contribution in [3.05, 3.63) is 12.7 Å². The molecule has 0 aromatic heterocycles. The molecule has 0 saturated carbocycles. The number of ether oxygens (including phenoxy) is 1. The van der Waals surface area contributed by atoms with Gasteiger partial charge in [-0.1, -0.05) is 13.0 Å². The van der Waals surface area contributed by atoms with E-state index in [1.807, 2.05) is 6.08 Å². The molecule has 0 spiro atoms. The second-order valence-corrected chi connectivity index (χ2v) is 4.22. The molecule has 1 heterocycles. The molecular weight excluding hydrogens is 188 g/mol. The maximum atomic E-state index is 5.71. The summed E-state index contributed by atoms with van der Waals surface area (Å²) in [6, 6.07) is 0.503. The summed E-state index contributed by atoms with van der Waals surface area (Å²) in [5, 5.41) is 3.47. The molecule has 15 heavy (non-hydrogen) atoms. The first-order chi connectivity index (χ1) is 7.26. The van der Waals surface area contributed by atoms with E-state index in [9.17, 15) is 0 Å². The van der Waals surface area contributed by atoms with Crippen molar-refractivity contribution in [3.8, 4) is 0 Å². The average molecular weight is 212 g/mol. The predicted octanol–water partition coefficient (Wildman–Crippen LogP) is 1.26. The number of likely N-dealkylation sites (N-methyl/N-ethyl adjacent to an activating group) is 1. The zero-order valence-electron chi connectivity index (χ0n) is 10.0. The minimum absolute atomic E-state index is 0.353. The highest BCUT2D eigenvalue weighted by Crippen LogP contribution is 2.04. The summed E-state index contributed by atoms with van der Waals surface area (Å²) >= 11 is 0. The Hall–Kier alpha value is -0.380. The third-order valence-electron chi connectivity index (χ3n) is 2.88. The topological polar surface area (TPSA) is 24.5 Å². The van der Waals surface area contributed by atoms with Gasteiger partial charge in [0.25, 0.3) is 0 Å². The number of nitrogens with zero attached hydrogens (tertiary/aromatic N) is 1. The van der Waals surface area contributed by atoms with Crippen molar-refractivity contribution < 1.29 is 4.74 Å². The van der Waals surface area contributed by atoms with Crippen LogP contribution in [0.2, 0.25) is 0 Å². The molecule has 0 radical (unpaired) electrons. The molecule has 2 unspecified atom stereocenters. The van der Waals surface area contributed by atoms with Gasteiger partial charge in [-0.3, -0.25) is 4.90 Å². The van der Waals surface area contributed by atoms with E-state index in [0.29, 0.717) is 12.1 Å². The molecule has 2 atom stereocenters. The van der Waals surface area contributed by atoms with Crippen LogP contribution in [0.15, 0.2) is 12.7 Å². The van der Waals surface area contributed by atoms with E-state index >= 15 is 0 Å². The van der Waals surface area contributed by atoms with Gasteiger partial charge in [-0.05, 0) is 19.9 Å². The van der Waals surface area contributed by atoms with Crippen LogP contribution in [0.25, 0.3) is 0 Å². The number of nitrogens with one attached hydrogen (secondary N) is 1. The standard InChI is InChI=1S/C12H24N2O/c1-4-6-11(3)13-9-12-10-14(5-2)7-8-15-12/h4,11-13H,1,5-10H2,2-3H3. The van der Waals surface area contributed by atoms with Crippen LogP contribution in [0.3, 0.4) is 0 Å². The lowest BCUT2D eigenvalue weighted by Gasteiger charge is -2.32. The molecule has 3 heteroatoms. The Morgan fingerprint density at radius 3 is 3.13 bits per heavy atom. The fourth-order valence-electron chi connectivity index (χ4n) is 1.86. The van der Waals surface area contributed by atoms with Crippen LogP contribution in [0.1, 0.15) is 20.3 Å². The van der Waals surface area contributed by atoms with Crippen LogP contribution in [-0.2, 0) is 4.74 Å². The van der Waals surface area contributed by atoms with Crippen LogP contribution in [0, 0.1) is 0 Å². The van der Waals surface area contributed by atoms with E-state index in [4.69, 9.17) is 4.74 Å². The van der Waals surface area contributed by atoms with Crippen molar-refractivity contribution in [2.75, 3.05) is 32.8 Å². The summed E-state index contributed by atoms with van der Waals surface area (Å²) in [4.78, 5) is 2.44. The Morgan fingerprint density at radius 1 is 1.67 bits per heavy atom. The van der Waals surface area contributed by atoms with Gasteiger partial charge in [0.2, 0.25) is 0 Å². The third-order valence-corrected chi connectivity index (χ3v) is 2.88. The lowest BCUT2D eigenvalue weighted by atomic mass is 10.2. The summed E-state index contributed by atoms with van der Waals surface area (Å²) in [5.74, 6) is 0. The van der Waals surface area contributed by atoms with Crippen molar-refractivity contribution in [3.63, 3.8) is 0 Å². The Morgan fingerprint density at radius 2 is 2.47 bits per heavy atom. The lowest BCUT2D eigenvalue weighted by molar-refractivity contribution is -0.0261. The van der Waals surface area contributed by atoms with Crippen molar-refractivity contribution in [2.45, 2.75) is 32.4 Å². The highest BCUT2D eigenvalue weighted by atomic mass is 16.5. The first kappa shape index (κ1) is 12.7. The summed E-state index contributed by atoms with van der Waals surface area (Å²) < 4.78 is 5.71. The van der Waals surface area contributed by atoms with Gasteiger partial charge in [-0.2, -0.15) is 0 Å². The highest BCUT2D eigenvalue weighted by molar-refractivity contribution is 4.78. The van der Waals surface area contributed by atoms with Gasteiger partial charge in [0.15, 0.2) is 0 Å². The SMILES string of the molecule is C=CCC(C)NCC1CN(CC)CCO1. The third kappa shape index (κ3) is 4.78. The van der Waals surface area contributed by atoms with Crippen LogP contribution in [-0.4, -0.2) is 49.8 Å². The summed E-state index contributed by atoms with van der Waals surface area (Å²) in [6.07, 6.45) is 3.33. The fraction of sp³-hybridized carbons (Fsp3) is 0.833. The molecule has 1 aliphatic rings. The Bertz CT molecular complexity index is 184. The smallest absolute Gasteiger partial charge is 0.0826 e. The van der Waals surface area contributed by atoms with E-state index in [-0.39, 0.29) is 0 Å². The van der Waals surface area contributed by atoms with Crippen molar-refractivity contribution in [1.29, 1.82) is 0 Å². The number of hydrogen-bond donors (Lipinski definition) is 1. The van der Waals surface area contributed by atoms with Crippen molar-refractivity contribution >= 4 is 0 Å². The van der Waals surface area contributed by atoms with E-state index in [1.54, 1.807) is 0 Å². The molecule has 0 amide bonds. The Kier molecular flexibility index (Phi) is 5.91. The zero-order valence-corrected chi connectivity index (χ0v) is 10.0. The zero-order chi connectivity index (χ0) is 11.1. The number of hydrogen-bond acceptors (Lipinski definition) is 3. The predicted molar refractivity (Wildman–Crippen MR) is 64.1 cm³/mol. The summed E-state index contributed by atoms with van der Waals surface area (Å²) in [6.45, 7) is 13.2. The molecule has 1 saturated heterocycles. The monoisotopic (exact) mass is 212 g/mol. The molecule has 0 aromatic carbocycles. The van der Waals surface area contributed by atoms with E-state index in [1.165, 1.54) is 0 Å². The second kappa shape index (κ2) is 6.99. The van der Waals surface area contributed by atoms with E-state index < -0.39 is 0 Å². The molecule has 0 aliphatic carbocycles. The number of morpholine rings is 1. The van der Waals surface area contributed by atoms with Crippen LogP contribution < -0.4 is 5.32 Å².